The summed E-state index contributed by atoms with van der Waals surface area (Å²) in [5, 5.41) is 0. The molecule has 0 unspecified atom stereocenters. The van der Waals surface area contributed by atoms with E-state index >= 15 is 0 Å². The molecule has 19 heavy (non-hydrogen) atoms. The maximum Gasteiger partial charge on any atom is 0.0429 e. The quantitative estimate of drug-likeness (QED) is 0.664. The SMILES string of the molecule is C[C@@H]1c2ccccc2N(C)Cc2ccccc2[C@@H]1C. The Labute approximate surface area is 115 Å². The first-order valence-electron chi connectivity index (χ1n) is 7.06. The number of nitrogens with zero attached hydrogens (tertiary/aromatic N) is 1. The van der Waals surface area contributed by atoms with Crippen molar-refractivity contribution in [1.29, 1.82) is 0 Å². The van der Waals surface area contributed by atoms with Crippen LogP contribution in [0.15, 0.2) is 48.5 Å². The van der Waals surface area contributed by atoms with Gasteiger partial charge in [-0.3, -0.25) is 0 Å². The van der Waals surface area contributed by atoms with E-state index in [2.05, 4.69) is 74.3 Å². The van der Waals surface area contributed by atoms with Crippen molar-refractivity contribution < 1.29 is 0 Å². The molecular formula is C18H21N. The van der Waals surface area contributed by atoms with Gasteiger partial charge in [0.05, 0.1) is 0 Å². The van der Waals surface area contributed by atoms with Crippen LogP contribution in [0.4, 0.5) is 5.69 Å². The second kappa shape index (κ2) is 4.73. The minimum atomic E-state index is 0.542. The second-order valence-corrected chi connectivity index (χ2v) is 5.69. The van der Waals surface area contributed by atoms with Gasteiger partial charge in [-0.05, 0) is 34.6 Å². The van der Waals surface area contributed by atoms with E-state index < -0.39 is 0 Å². The lowest BCUT2D eigenvalue weighted by molar-refractivity contribution is 0.606. The smallest absolute Gasteiger partial charge is 0.0429 e. The molecule has 2 aromatic carbocycles. The minimum absolute atomic E-state index is 0.542. The molecule has 2 aromatic rings. The highest BCUT2D eigenvalue weighted by Crippen LogP contribution is 2.40. The minimum Gasteiger partial charge on any atom is -0.370 e. The fraction of sp³-hybridized carbons (Fsp3) is 0.333. The summed E-state index contributed by atoms with van der Waals surface area (Å²) in [7, 11) is 2.19. The zero-order valence-corrected chi connectivity index (χ0v) is 11.9. The van der Waals surface area contributed by atoms with Crippen molar-refractivity contribution >= 4 is 5.69 Å². The van der Waals surface area contributed by atoms with Crippen LogP contribution in [0, 0.1) is 0 Å². The molecule has 98 valence electrons. The molecule has 1 heteroatoms. The van der Waals surface area contributed by atoms with E-state index in [4.69, 9.17) is 0 Å². The lowest BCUT2D eigenvalue weighted by atomic mass is 9.80. The average molecular weight is 251 g/mol. The van der Waals surface area contributed by atoms with Crippen LogP contribution in [0.5, 0.6) is 0 Å². The number of hydrogen-bond donors (Lipinski definition) is 0. The molecule has 0 amide bonds. The second-order valence-electron chi connectivity index (χ2n) is 5.69. The van der Waals surface area contributed by atoms with E-state index in [1.165, 1.54) is 22.4 Å². The zero-order chi connectivity index (χ0) is 13.4. The number of fused-ring (bicyclic) bond motifs is 2. The first-order valence-corrected chi connectivity index (χ1v) is 7.06. The monoisotopic (exact) mass is 251 g/mol. The molecule has 0 saturated heterocycles. The summed E-state index contributed by atoms with van der Waals surface area (Å²) in [6, 6.07) is 17.7. The Bertz CT molecular complexity index is 588. The summed E-state index contributed by atoms with van der Waals surface area (Å²) in [5.74, 6) is 1.10. The number of anilines is 1. The van der Waals surface area contributed by atoms with Gasteiger partial charge in [-0.2, -0.15) is 0 Å². The Morgan fingerprint density at radius 1 is 0.842 bits per heavy atom. The first kappa shape index (κ1) is 12.3. The molecule has 0 radical (unpaired) electrons. The molecule has 1 nitrogen and oxygen atoms in total. The van der Waals surface area contributed by atoms with Crippen LogP contribution in [0.2, 0.25) is 0 Å². The zero-order valence-electron chi connectivity index (χ0n) is 11.9. The van der Waals surface area contributed by atoms with Gasteiger partial charge in [0.1, 0.15) is 0 Å². The normalized spacial score (nSPS) is 22.2. The third kappa shape index (κ3) is 2.03. The molecule has 0 N–H and O–H groups in total. The molecule has 3 rings (SSSR count). The molecule has 0 fully saturated rings. The molecule has 0 saturated carbocycles. The van der Waals surface area contributed by atoms with Gasteiger partial charge in [0.25, 0.3) is 0 Å². The highest BCUT2D eigenvalue weighted by atomic mass is 15.1. The third-order valence-electron chi connectivity index (χ3n) is 4.54. The lowest BCUT2D eigenvalue weighted by Gasteiger charge is -2.33. The molecule has 1 heterocycles. The van der Waals surface area contributed by atoms with Crippen molar-refractivity contribution in [3.05, 3.63) is 65.2 Å². The molecule has 0 spiro atoms. The summed E-state index contributed by atoms with van der Waals surface area (Å²) in [6.45, 7) is 5.69. The Balaban J connectivity index is 2.16. The molecule has 0 aliphatic carbocycles. The highest BCUT2D eigenvalue weighted by molar-refractivity contribution is 5.57. The number of para-hydroxylation sites is 1. The van der Waals surface area contributed by atoms with E-state index in [0.717, 1.165) is 6.54 Å². The van der Waals surface area contributed by atoms with Crippen LogP contribution in [-0.4, -0.2) is 7.05 Å². The first-order chi connectivity index (χ1) is 9.18. The van der Waals surface area contributed by atoms with Crippen molar-refractivity contribution in [2.24, 2.45) is 0 Å². The van der Waals surface area contributed by atoms with Crippen LogP contribution in [0.1, 0.15) is 42.4 Å². The van der Waals surface area contributed by atoms with Crippen molar-refractivity contribution in [2.45, 2.75) is 32.2 Å². The predicted molar refractivity (Wildman–Crippen MR) is 81.8 cm³/mol. The summed E-state index contributed by atoms with van der Waals surface area (Å²) >= 11 is 0. The topological polar surface area (TPSA) is 3.24 Å². The fourth-order valence-corrected chi connectivity index (χ4v) is 3.22. The van der Waals surface area contributed by atoms with Gasteiger partial charge in [0.2, 0.25) is 0 Å². The highest BCUT2D eigenvalue weighted by Gasteiger charge is 2.24. The van der Waals surface area contributed by atoms with Crippen LogP contribution in [0.3, 0.4) is 0 Å². The van der Waals surface area contributed by atoms with Crippen LogP contribution in [-0.2, 0) is 6.54 Å². The van der Waals surface area contributed by atoms with Gasteiger partial charge in [0, 0.05) is 19.3 Å². The average Bonchev–Trinajstić information content (AvgIpc) is 2.45. The number of benzene rings is 2. The van der Waals surface area contributed by atoms with Crippen LogP contribution in [0.25, 0.3) is 0 Å². The maximum absolute atomic E-state index is 2.37. The summed E-state index contributed by atoms with van der Waals surface area (Å²) in [5.41, 5.74) is 5.79. The van der Waals surface area contributed by atoms with Gasteiger partial charge in [-0.1, -0.05) is 56.3 Å². The molecular weight excluding hydrogens is 230 g/mol. The Hall–Kier alpha value is -1.76. The van der Waals surface area contributed by atoms with Crippen molar-refractivity contribution in [3.63, 3.8) is 0 Å². The van der Waals surface area contributed by atoms with E-state index in [9.17, 15) is 0 Å². The van der Waals surface area contributed by atoms with E-state index in [0.29, 0.717) is 11.8 Å². The van der Waals surface area contributed by atoms with Crippen molar-refractivity contribution in [2.75, 3.05) is 11.9 Å². The lowest BCUT2D eigenvalue weighted by Crippen LogP contribution is -2.23. The predicted octanol–water partition coefficient (Wildman–Crippen LogP) is 4.54. The fourth-order valence-electron chi connectivity index (χ4n) is 3.22. The van der Waals surface area contributed by atoms with Gasteiger partial charge in [-0.15, -0.1) is 0 Å². The summed E-state index contributed by atoms with van der Waals surface area (Å²) < 4.78 is 0. The summed E-state index contributed by atoms with van der Waals surface area (Å²) in [4.78, 5) is 2.37. The number of hydrogen-bond acceptors (Lipinski definition) is 1. The largest absolute Gasteiger partial charge is 0.370 e. The van der Waals surface area contributed by atoms with E-state index in [1.54, 1.807) is 0 Å². The van der Waals surface area contributed by atoms with E-state index in [-0.39, 0.29) is 0 Å². The van der Waals surface area contributed by atoms with Crippen LogP contribution >= 0.6 is 0 Å². The molecule has 1 aliphatic heterocycles. The Morgan fingerprint density at radius 3 is 2.21 bits per heavy atom. The van der Waals surface area contributed by atoms with Crippen LogP contribution < -0.4 is 4.90 Å². The maximum atomic E-state index is 2.37. The molecule has 2 atom stereocenters. The van der Waals surface area contributed by atoms with Crippen molar-refractivity contribution in [1.82, 2.24) is 0 Å². The van der Waals surface area contributed by atoms with Gasteiger partial charge >= 0.3 is 0 Å². The summed E-state index contributed by atoms with van der Waals surface area (Å²) in [6.07, 6.45) is 0. The Morgan fingerprint density at radius 2 is 1.42 bits per heavy atom. The van der Waals surface area contributed by atoms with Crippen molar-refractivity contribution in [3.8, 4) is 0 Å². The molecule has 0 bridgehead atoms. The third-order valence-corrected chi connectivity index (χ3v) is 4.54. The van der Waals surface area contributed by atoms with Gasteiger partial charge in [-0.25, -0.2) is 0 Å². The standard InChI is InChI=1S/C18H21N/c1-13-14(2)17-10-6-7-11-18(17)19(3)12-15-8-4-5-9-16(13)15/h4-11,13-14H,12H2,1-3H3/t13-,14+/m1/s1. The van der Waals surface area contributed by atoms with E-state index in [1.807, 2.05) is 0 Å². The number of rotatable bonds is 0. The molecule has 1 aliphatic rings. The van der Waals surface area contributed by atoms with Gasteiger partial charge < -0.3 is 4.90 Å². The van der Waals surface area contributed by atoms with Gasteiger partial charge in [0.15, 0.2) is 0 Å². The Kier molecular flexibility index (Phi) is 3.06. The molecule has 0 aromatic heterocycles.